The molecule has 0 saturated heterocycles. The SMILES string of the molecule is CNc1cc(OC(O)(O)c2cc([N+](=O)[O-])cc(C(O)(O)Oc3cc4c(cc3OC)C(=O)N3C(=C=N4)CC4=C3C=CCC4)c2)c(OC)cc1C(=O)N1CCC2=C1C=CCC2. The van der Waals surface area contributed by atoms with Crippen molar-refractivity contribution < 1.29 is 53.9 Å². The molecule has 59 heavy (non-hydrogen) atoms. The molecule has 3 heterocycles. The molecule has 5 aliphatic rings. The Bertz CT molecular complexity index is 2530. The van der Waals surface area contributed by atoms with Crippen molar-refractivity contribution in [2.24, 2.45) is 4.99 Å². The maximum absolute atomic E-state index is 13.8. The number of nitro groups is 1. The minimum atomic E-state index is -3.39. The van der Waals surface area contributed by atoms with Crippen LogP contribution < -0.4 is 24.3 Å². The number of carbonyl (C=O) groups is 2. The Labute approximate surface area is 336 Å². The molecule has 17 heteroatoms. The molecule has 3 aliphatic heterocycles. The summed E-state index contributed by atoms with van der Waals surface area (Å²) in [6.07, 6.45) is 12.5. The number of nitrogens with zero attached hydrogens (tertiary/aromatic N) is 4. The average molecular weight is 806 g/mol. The van der Waals surface area contributed by atoms with Gasteiger partial charge in [0.05, 0.1) is 58.5 Å². The summed E-state index contributed by atoms with van der Waals surface area (Å²) in [5, 5.41) is 60.4. The molecule has 3 aromatic carbocycles. The maximum Gasteiger partial charge on any atom is 0.351 e. The number of rotatable bonds is 11. The summed E-state index contributed by atoms with van der Waals surface area (Å²) in [5.41, 5.74) is 2.83. The first-order chi connectivity index (χ1) is 28.2. The topological polar surface area (TPSA) is 226 Å². The molecule has 17 nitrogen and oxygen atoms in total. The van der Waals surface area contributed by atoms with Crippen molar-refractivity contribution in [3.05, 3.63) is 127 Å². The summed E-state index contributed by atoms with van der Waals surface area (Å²) in [4.78, 5) is 46.4. The van der Waals surface area contributed by atoms with Crippen molar-refractivity contribution >= 4 is 34.7 Å². The van der Waals surface area contributed by atoms with Gasteiger partial charge in [-0.1, -0.05) is 12.2 Å². The first kappa shape index (κ1) is 39.1. The number of hydrogen-bond donors (Lipinski definition) is 5. The zero-order valence-corrected chi connectivity index (χ0v) is 32.1. The second kappa shape index (κ2) is 14.9. The minimum absolute atomic E-state index is 0.0685. The van der Waals surface area contributed by atoms with Gasteiger partial charge in [-0.2, -0.15) is 0 Å². The van der Waals surface area contributed by atoms with Crippen LogP contribution in [0.3, 0.4) is 0 Å². The summed E-state index contributed by atoms with van der Waals surface area (Å²) < 4.78 is 22.1. The van der Waals surface area contributed by atoms with Crippen LogP contribution in [0.2, 0.25) is 0 Å². The Balaban J connectivity index is 1.10. The van der Waals surface area contributed by atoms with Crippen LogP contribution in [-0.4, -0.2) is 80.6 Å². The predicted octanol–water partition coefficient (Wildman–Crippen LogP) is 5.10. The van der Waals surface area contributed by atoms with Gasteiger partial charge in [0.2, 0.25) is 0 Å². The van der Waals surface area contributed by atoms with Crippen LogP contribution in [0.5, 0.6) is 23.0 Å². The number of benzene rings is 3. The molecule has 3 aromatic rings. The fourth-order valence-corrected chi connectivity index (χ4v) is 7.81. The van der Waals surface area contributed by atoms with E-state index < -0.39 is 39.6 Å². The molecule has 8 rings (SSSR count). The van der Waals surface area contributed by atoms with E-state index in [1.165, 1.54) is 49.0 Å². The molecular weight excluding hydrogens is 766 g/mol. The fourth-order valence-electron chi connectivity index (χ4n) is 7.81. The van der Waals surface area contributed by atoms with Crippen LogP contribution in [0.4, 0.5) is 17.1 Å². The van der Waals surface area contributed by atoms with Gasteiger partial charge in [0.1, 0.15) is 0 Å². The van der Waals surface area contributed by atoms with E-state index in [2.05, 4.69) is 16.2 Å². The zero-order chi connectivity index (χ0) is 41.8. The Morgan fingerprint density at radius 3 is 2.12 bits per heavy atom. The number of aliphatic imine (C=N–C) groups is 1. The standard InChI is InChI=1S/C42H39N5O12/c1-43-31-20-37(35(56-2)18-29(31)39(48)45-13-12-23-8-4-6-10-33(23)45)58-41(50,51)25-15-26(17-27(16-25)47(54)55)42(52,53)59-38-21-32-30(19-36(38)57-3)40(49)46-28(22-44-32)14-24-9-5-7-11-34(24)46/h6-7,10-11,15-21,43,50-53H,4-5,8-9,12-14H2,1-3H3. The van der Waals surface area contributed by atoms with E-state index in [1.807, 2.05) is 24.3 Å². The molecule has 2 aliphatic carbocycles. The molecule has 5 N–H and O–H groups in total. The molecule has 0 unspecified atom stereocenters. The normalized spacial score (nSPS) is 16.9. The lowest BCUT2D eigenvalue weighted by Crippen LogP contribution is -2.36. The largest absolute Gasteiger partial charge is 0.493 e. The van der Waals surface area contributed by atoms with Crippen molar-refractivity contribution in [1.82, 2.24) is 9.80 Å². The average Bonchev–Trinajstić information content (AvgIpc) is 3.80. The highest BCUT2D eigenvalue weighted by molar-refractivity contribution is 6.05. The summed E-state index contributed by atoms with van der Waals surface area (Å²) in [7, 11) is 4.10. The first-order valence-corrected chi connectivity index (χ1v) is 18.7. The van der Waals surface area contributed by atoms with Crippen molar-refractivity contribution in [1.29, 1.82) is 0 Å². The summed E-state index contributed by atoms with van der Waals surface area (Å²) in [6, 6.07) is 7.54. The van der Waals surface area contributed by atoms with Crippen LogP contribution in [0, 0.1) is 10.1 Å². The molecule has 0 radical (unpaired) electrons. The van der Waals surface area contributed by atoms with Crippen LogP contribution in [-0.2, 0) is 11.9 Å². The van der Waals surface area contributed by atoms with E-state index in [9.17, 15) is 40.1 Å². The van der Waals surface area contributed by atoms with Gasteiger partial charge >= 0.3 is 11.9 Å². The van der Waals surface area contributed by atoms with Crippen molar-refractivity contribution in [3.8, 4) is 23.0 Å². The highest BCUT2D eigenvalue weighted by Gasteiger charge is 2.40. The molecule has 304 valence electrons. The Kier molecular flexibility index (Phi) is 9.86. The number of amides is 2. The van der Waals surface area contributed by atoms with Gasteiger partial charge in [0.25, 0.3) is 17.5 Å². The maximum atomic E-state index is 13.8. The van der Waals surface area contributed by atoms with Crippen molar-refractivity contribution in [3.63, 3.8) is 0 Å². The van der Waals surface area contributed by atoms with E-state index >= 15 is 0 Å². The molecule has 0 fully saturated rings. The van der Waals surface area contributed by atoms with Gasteiger partial charge in [-0.05, 0) is 73.6 Å². The Morgan fingerprint density at radius 1 is 0.847 bits per heavy atom. The number of carbonyl (C=O) groups excluding carboxylic acids is 2. The number of hydrogen-bond acceptors (Lipinski definition) is 14. The quantitative estimate of drug-likeness (QED) is 0.0967. The monoisotopic (exact) mass is 805 g/mol. The number of ether oxygens (including phenoxy) is 4. The number of nitro benzene ring substituents is 1. The van der Waals surface area contributed by atoms with E-state index in [-0.39, 0.29) is 51.4 Å². The lowest BCUT2D eigenvalue weighted by atomic mass is 10.0. The lowest BCUT2D eigenvalue weighted by molar-refractivity contribution is -0.386. The number of allylic oxidation sites excluding steroid dienone is 5. The minimum Gasteiger partial charge on any atom is -0.493 e. The highest BCUT2D eigenvalue weighted by Crippen LogP contribution is 2.45. The number of non-ortho nitro benzene ring substituents is 1. The van der Waals surface area contributed by atoms with Gasteiger partial charge in [-0.3, -0.25) is 24.6 Å². The molecule has 0 spiro atoms. The third-order valence-electron chi connectivity index (χ3n) is 10.8. The first-order valence-electron chi connectivity index (χ1n) is 18.7. The second-order valence-electron chi connectivity index (χ2n) is 14.3. The second-order valence-corrected chi connectivity index (χ2v) is 14.3. The molecule has 0 aromatic heterocycles. The molecular formula is C42H39N5O12. The van der Waals surface area contributed by atoms with Crippen LogP contribution in [0.15, 0.2) is 100.0 Å². The highest BCUT2D eigenvalue weighted by atomic mass is 16.8. The van der Waals surface area contributed by atoms with Gasteiger partial charge in [-0.15, -0.1) is 0 Å². The Morgan fingerprint density at radius 2 is 1.47 bits per heavy atom. The van der Waals surface area contributed by atoms with Gasteiger partial charge in [0, 0.05) is 61.5 Å². The number of nitrogens with one attached hydrogen (secondary N) is 1. The van der Waals surface area contributed by atoms with E-state index in [4.69, 9.17) is 18.9 Å². The van der Waals surface area contributed by atoms with Crippen molar-refractivity contribution in [2.45, 2.75) is 50.5 Å². The van der Waals surface area contributed by atoms with Crippen molar-refractivity contribution in [2.75, 3.05) is 33.1 Å². The van der Waals surface area contributed by atoms with Crippen LogP contribution in [0.25, 0.3) is 0 Å². The third kappa shape index (κ3) is 7.00. The summed E-state index contributed by atoms with van der Waals surface area (Å²) in [6.45, 7) is 0.491. The third-order valence-corrected chi connectivity index (χ3v) is 10.8. The predicted molar refractivity (Wildman–Crippen MR) is 210 cm³/mol. The van der Waals surface area contributed by atoms with E-state index in [1.54, 1.807) is 11.9 Å². The molecule has 2 amide bonds. The van der Waals surface area contributed by atoms with Crippen LogP contribution in [0.1, 0.15) is 70.4 Å². The smallest absolute Gasteiger partial charge is 0.351 e. The van der Waals surface area contributed by atoms with Gasteiger partial charge in [-0.25, -0.2) is 4.99 Å². The van der Waals surface area contributed by atoms with E-state index in [0.717, 1.165) is 67.3 Å². The summed E-state index contributed by atoms with van der Waals surface area (Å²) >= 11 is 0. The van der Waals surface area contributed by atoms with Gasteiger partial charge in [0.15, 0.2) is 23.0 Å². The van der Waals surface area contributed by atoms with E-state index in [0.29, 0.717) is 18.7 Å². The molecule has 0 atom stereocenters. The Hall–Kier alpha value is -6.75. The number of anilines is 1. The van der Waals surface area contributed by atoms with Crippen LogP contribution >= 0.6 is 0 Å². The lowest BCUT2D eigenvalue weighted by Gasteiger charge is -2.28. The fraction of sp³-hybridized carbons (Fsp3) is 0.286. The number of methoxy groups -OCH3 is 2. The van der Waals surface area contributed by atoms with Gasteiger partial charge < -0.3 is 49.6 Å². The summed E-state index contributed by atoms with van der Waals surface area (Å²) in [5.74, 6) is -5.38. The molecule has 0 bridgehead atoms. The number of fused-ring (bicyclic) bond motifs is 3. The molecule has 0 saturated carbocycles. The zero-order valence-electron chi connectivity index (χ0n) is 32.1. The number of aliphatic hydroxyl groups is 4.